The lowest BCUT2D eigenvalue weighted by atomic mass is 10.00. The lowest BCUT2D eigenvalue weighted by molar-refractivity contribution is 0.0129. The van der Waals surface area contributed by atoms with Crippen LogP contribution in [0.1, 0.15) is 46.0 Å². The second-order valence-corrected chi connectivity index (χ2v) is 6.80. The summed E-state index contributed by atoms with van der Waals surface area (Å²) in [7, 11) is 4.37. The summed E-state index contributed by atoms with van der Waals surface area (Å²) in [5.41, 5.74) is 0. The molecule has 132 valence electrons. The molecular weight excluding hydrogens is 276 g/mol. The number of rotatable bonds is 6. The first-order valence-electron chi connectivity index (χ1n) is 9.22. The van der Waals surface area contributed by atoms with Crippen molar-refractivity contribution in [3.63, 3.8) is 0 Å². The van der Waals surface area contributed by atoms with Crippen molar-refractivity contribution in [1.29, 1.82) is 0 Å². The number of ether oxygens (including phenoxy) is 2. The molecule has 4 nitrogen and oxygen atoms in total. The second kappa shape index (κ2) is 12.3. The Labute approximate surface area is 138 Å². The van der Waals surface area contributed by atoms with Crippen molar-refractivity contribution in [3.8, 4) is 0 Å². The second-order valence-electron chi connectivity index (χ2n) is 6.80. The van der Waals surface area contributed by atoms with E-state index >= 15 is 0 Å². The summed E-state index contributed by atoms with van der Waals surface area (Å²) >= 11 is 0. The predicted molar refractivity (Wildman–Crippen MR) is 93.5 cm³/mol. The molecule has 1 atom stereocenters. The van der Waals surface area contributed by atoms with Crippen LogP contribution in [0.15, 0.2) is 0 Å². The van der Waals surface area contributed by atoms with Gasteiger partial charge in [0.25, 0.3) is 0 Å². The number of likely N-dealkylation sites (tertiary alicyclic amines) is 2. The van der Waals surface area contributed by atoms with Crippen LogP contribution in [0.5, 0.6) is 0 Å². The molecule has 0 saturated carbocycles. The molecule has 2 heterocycles. The summed E-state index contributed by atoms with van der Waals surface area (Å²) < 4.78 is 11.0. The fraction of sp³-hybridized carbons (Fsp3) is 1.00. The third-order valence-electron chi connectivity index (χ3n) is 4.50. The van der Waals surface area contributed by atoms with E-state index in [1.807, 2.05) is 0 Å². The van der Waals surface area contributed by atoms with Crippen molar-refractivity contribution in [3.05, 3.63) is 0 Å². The van der Waals surface area contributed by atoms with Crippen LogP contribution >= 0.6 is 0 Å². The van der Waals surface area contributed by atoms with Gasteiger partial charge in [-0.25, -0.2) is 0 Å². The van der Waals surface area contributed by atoms with E-state index in [1.165, 1.54) is 51.9 Å². The zero-order valence-corrected chi connectivity index (χ0v) is 15.4. The molecule has 0 aliphatic carbocycles. The Bertz CT molecular complexity index is 253. The van der Waals surface area contributed by atoms with E-state index < -0.39 is 0 Å². The zero-order chi connectivity index (χ0) is 16.2. The molecule has 0 aromatic carbocycles. The lowest BCUT2D eigenvalue weighted by Crippen LogP contribution is -2.34. The van der Waals surface area contributed by atoms with Crippen LogP contribution in [0.3, 0.4) is 0 Å². The molecule has 0 bridgehead atoms. The monoisotopic (exact) mass is 314 g/mol. The van der Waals surface area contributed by atoms with Crippen LogP contribution in [0.2, 0.25) is 0 Å². The van der Waals surface area contributed by atoms with Crippen molar-refractivity contribution in [2.75, 3.05) is 60.1 Å². The van der Waals surface area contributed by atoms with Gasteiger partial charge in [0.15, 0.2) is 0 Å². The highest BCUT2D eigenvalue weighted by molar-refractivity contribution is 4.70. The highest BCUT2D eigenvalue weighted by atomic mass is 16.5. The summed E-state index contributed by atoms with van der Waals surface area (Å²) in [4.78, 5) is 4.76. The molecule has 4 heteroatoms. The van der Waals surface area contributed by atoms with Crippen LogP contribution in [-0.2, 0) is 9.47 Å². The van der Waals surface area contributed by atoms with Crippen molar-refractivity contribution in [2.45, 2.75) is 52.1 Å². The molecule has 2 aliphatic heterocycles. The van der Waals surface area contributed by atoms with E-state index in [-0.39, 0.29) is 0 Å². The number of hydrogen-bond acceptors (Lipinski definition) is 4. The average Bonchev–Trinajstić information content (AvgIpc) is 2.53. The Morgan fingerprint density at radius 1 is 0.955 bits per heavy atom. The minimum Gasteiger partial charge on any atom is -0.381 e. The molecule has 0 radical (unpaired) electrons. The molecule has 0 spiro atoms. The van der Waals surface area contributed by atoms with Crippen molar-refractivity contribution in [2.24, 2.45) is 5.92 Å². The Hall–Kier alpha value is -0.160. The smallest absolute Gasteiger partial charge is 0.0599 e. The molecule has 2 aliphatic rings. The van der Waals surface area contributed by atoms with Gasteiger partial charge in [0, 0.05) is 32.8 Å². The topological polar surface area (TPSA) is 24.9 Å². The molecule has 0 N–H and O–H groups in total. The van der Waals surface area contributed by atoms with Gasteiger partial charge in [0.2, 0.25) is 0 Å². The Morgan fingerprint density at radius 2 is 1.68 bits per heavy atom. The van der Waals surface area contributed by atoms with Gasteiger partial charge in [-0.3, -0.25) is 0 Å². The van der Waals surface area contributed by atoms with E-state index in [9.17, 15) is 0 Å². The third-order valence-corrected chi connectivity index (χ3v) is 4.50. The van der Waals surface area contributed by atoms with Crippen LogP contribution < -0.4 is 0 Å². The standard InChI is InChI=1S/2C9H19NO/c1-3-8-11-9-4-6-10(2)7-5-9;1-3-11-8-9-5-4-6-10(2)7-9/h2*9H,3-8H2,1-2H3. The van der Waals surface area contributed by atoms with E-state index in [4.69, 9.17) is 9.47 Å². The Kier molecular flexibility index (Phi) is 11.1. The average molecular weight is 315 g/mol. The largest absolute Gasteiger partial charge is 0.381 e. The fourth-order valence-electron chi connectivity index (χ4n) is 3.13. The summed E-state index contributed by atoms with van der Waals surface area (Å²) in [6, 6.07) is 0. The van der Waals surface area contributed by atoms with Gasteiger partial charge in [-0.1, -0.05) is 6.92 Å². The number of piperidine rings is 2. The molecule has 0 aromatic heterocycles. The van der Waals surface area contributed by atoms with Crippen molar-refractivity contribution >= 4 is 0 Å². The van der Waals surface area contributed by atoms with E-state index in [1.54, 1.807) is 0 Å². The van der Waals surface area contributed by atoms with Crippen LogP contribution in [0.25, 0.3) is 0 Å². The van der Waals surface area contributed by atoms with Crippen LogP contribution in [0, 0.1) is 5.92 Å². The Balaban J connectivity index is 0.000000220. The zero-order valence-electron chi connectivity index (χ0n) is 15.4. The molecule has 0 aromatic rings. The molecule has 2 saturated heterocycles. The maximum atomic E-state index is 5.65. The number of nitrogens with zero attached hydrogens (tertiary/aromatic N) is 2. The first-order chi connectivity index (χ1) is 10.7. The lowest BCUT2D eigenvalue weighted by Gasteiger charge is -2.29. The van der Waals surface area contributed by atoms with E-state index in [0.717, 1.165) is 32.2 Å². The molecule has 1 unspecified atom stereocenters. The van der Waals surface area contributed by atoms with Gasteiger partial charge < -0.3 is 19.3 Å². The summed E-state index contributed by atoms with van der Waals surface area (Å²) in [6.45, 7) is 11.9. The number of hydrogen-bond donors (Lipinski definition) is 0. The first-order valence-corrected chi connectivity index (χ1v) is 9.22. The minimum absolute atomic E-state index is 0.547. The summed E-state index contributed by atoms with van der Waals surface area (Å²) in [6.07, 6.45) is 6.82. The van der Waals surface area contributed by atoms with E-state index in [2.05, 4.69) is 37.7 Å². The van der Waals surface area contributed by atoms with E-state index in [0.29, 0.717) is 6.10 Å². The summed E-state index contributed by atoms with van der Waals surface area (Å²) in [5, 5.41) is 0. The van der Waals surface area contributed by atoms with Crippen molar-refractivity contribution < 1.29 is 9.47 Å². The highest BCUT2D eigenvalue weighted by Crippen LogP contribution is 2.14. The molecule has 22 heavy (non-hydrogen) atoms. The predicted octanol–water partition coefficient (Wildman–Crippen LogP) is 2.87. The summed E-state index contributed by atoms with van der Waals surface area (Å²) in [5.74, 6) is 0.786. The highest BCUT2D eigenvalue weighted by Gasteiger charge is 2.17. The third kappa shape index (κ3) is 9.09. The maximum Gasteiger partial charge on any atom is 0.0599 e. The maximum absolute atomic E-state index is 5.65. The molecule has 2 rings (SSSR count). The van der Waals surface area contributed by atoms with Gasteiger partial charge in [-0.2, -0.15) is 0 Å². The minimum atomic E-state index is 0.547. The van der Waals surface area contributed by atoms with Gasteiger partial charge in [0.1, 0.15) is 0 Å². The van der Waals surface area contributed by atoms with Crippen LogP contribution in [-0.4, -0.2) is 76.0 Å². The SMILES string of the molecule is CCCOC1CCN(C)CC1.CCOCC1CCCN(C)C1. The molecule has 0 amide bonds. The van der Waals surface area contributed by atoms with Crippen molar-refractivity contribution in [1.82, 2.24) is 9.80 Å². The quantitative estimate of drug-likeness (QED) is 0.753. The van der Waals surface area contributed by atoms with Crippen LogP contribution in [0.4, 0.5) is 0 Å². The van der Waals surface area contributed by atoms with Gasteiger partial charge in [-0.15, -0.1) is 0 Å². The van der Waals surface area contributed by atoms with Gasteiger partial charge >= 0.3 is 0 Å². The first kappa shape index (κ1) is 19.9. The fourth-order valence-corrected chi connectivity index (χ4v) is 3.13. The van der Waals surface area contributed by atoms with Gasteiger partial charge in [0.05, 0.1) is 12.7 Å². The molecule has 2 fully saturated rings. The Morgan fingerprint density at radius 3 is 2.27 bits per heavy atom. The normalized spacial score (nSPS) is 24.8. The molecular formula is C18H38N2O2. The van der Waals surface area contributed by atoms with Gasteiger partial charge in [-0.05, 0) is 65.6 Å².